The Labute approximate surface area is 197 Å². The van der Waals surface area contributed by atoms with Crippen LogP contribution in [-0.2, 0) is 0 Å². The van der Waals surface area contributed by atoms with Crippen LogP contribution in [0.3, 0.4) is 0 Å². The second-order valence-electron chi connectivity index (χ2n) is 11.1. The first-order chi connectivity index (χ1) is 15.0. The fourth-order valence-electron chi connectivity index (χ4n) is 5.14. The van der Waals surface area contributed by atoms with Crippen LogP contribution in [0.1, 0.15) is 52.7 Å². The van der Waals surface area contributed by atoms with Gasteiger partial charge in [0.25, 0.3) is 0 Å². The summed E-state index contributed by atoms with van der Waals surface area (Å²) >= 11 is 0. The van der Waals surface area contributed by atoms with Crippen LogP contribution in [0.5, 0.6) is 0 Å². The highest BCUT2D eigenvalue weighted by atomic mass is 28.3. The van der Waals surface area contributed by atoms with E-state index in [1.165, 1.54) is 27.1 Å². The highest BCUT2D eigenvalue weighted by Crippen LogP contribution is 2.41. The van der Waals surface area contributed by atoms with Crippen LogP contribution in [0.4, 0.5) is 0 Å². The molecule has 0 fully saturated rings. The molecule has 0 heterocycles. The summed E-state index contributed by atoms with van der Waals surface area (Å²) in [5.74, 6) is 7.24. The van der Waals surface area contributed by atoms with Gasteiger partial charge in [-0.25, -0.2) is 0 Å². The van der Waals surface area contributed by atoms with Gasteiger partial charge in [0.15, 0.2) is 0 Å². The molecule has 166 valence electrons. The first-order valence-corrected chi connectivity index (χ1v) is 17.7. The van der Waals surface area contributed by atoms with Crippen molar-refractivity contribution in [2.75, 3.05) is 0 Å². The van der Waals surface area contributed by atoms with Gasteiger partial charge in [0.1, 0.15) is 16.1 Å². The molecule has 3 aromatic rings. The lowest BCUT2D eigenvalue weighted by atomic mass is 9.96. The standard InChI is InChI=1S/C30H38Si2/c1-22(2)32(23(3)4,24(5)6)19-17-29-28-13-11-10-12-26(28)21-27-15-14-25(20-30(27)29)16-18-31(7,8)9/h10-15,20-24H,1-9H3. The number of fused-ring (bicyclic) bond motifs is 2. The van der Waals surface area contributed by atoms with Gasteiger partial charge in [0.2, 0.25) is 0 Å². The fourth-order valence-corrected chi connectivity index (χ4v) is 10.9. The van der Waals surface area contributed by atoms with E-state index < -0.39 is 16.1 Å². The molecule has 0 aliphatic heterocycles. The number of benzene rings is 3. The van der Waals surface area contributed by atoms with Crippen molar-refractivity contribution in [1.29, 1.82) is 0 Å². The van der Waals surface area contributed by atoms with Crippen molar-refractivity contribution in [2.45, 2.75) is 77.8 Å². The minimum Gasteiger partial charge on any atom is -0.127 e. The summed E-state index contributed by atoms with van der Waals surface area (Å²) in [6, 6.07) is 17.6. The summed E-state index contributed by atoms with van der Waals surface area (Å²) < 4.78 is 0. The molecule has 3 rings (SSSR count). The Balaban J connectivity index is 2.35. The Kier molecular flexibility index (Phi) is 7.09. The number of hydrogen-bond acceptors (Lipinski definition) is 0. The van der Waals surface area contributed by atoms with Crippen molar-refractivity contribution in [3.05, 3.63) is 59.7 Å². The zero-order valence-electron chi connectivity index (χ0n) is 21.4. The van der Waals surface area contributed by atoms with Gasteiger partial charge in [0.05, 0.1) is 0 Å². The van der Waals surface area contributed by atoms with Gasteiger partial charge < -0.3 is 0 Å². The van der Waals surface area contributed by atoms with Crippen LogP contribution in [-0.4, -0.2) is 16.1 Å². The third-order valence-electron chi connectivity index (χ3n) is 6.72. The van der Waals surface area contributed by atoms with Gasteiger partial charge >= 0.3 is 0 Å². The molecule has 0 aromatic heterocycles. The van der Waals surface area contributed by atoms with E-state index in [9.17, 15) is 0 Å². The van der Waals surface area contributed by atoms with E-state index in [0.29, 0.717) is 16.6 Å². The predicted octanol–water partition coefficient (Wildman–Crippen LogP) is 8.79. The maximum atomic E-state index is 3.97. The molecule has 2 heteroatoms. The Bertz CT molecular complexity index is 1230. The Hall–Kier alpha value is -2.27. The van der Waals surface area contributed by atoms with Gasteiger partial charge in [0, 0.05) is 11.1 Å². The molecule has 0 unspecified atom stereocenters. The van der Waals surface area contributed by atoms with Crippen molar-refractivity contribution < 1.29 is 0 Å². The second kappa shape index (κ2) is 9.31. The molecular formula is C30H38Si2. The highest BCUT2D eigenvalue weighted by Gasteiger charge is 2.41. The average Bonchev–Trinajstić information content (AvgIpc) is 2.70. The highest BCUT2D eigenvalue weighted by molar-refractivity contribution is 6.90. The van der Waals surface area contributed by atoms with Gasteiger partial charge in [-0.05, 0) is 56.4 Å². The molecular weight excluding hydrogens is 417 g/mol. The van der Waals surface area contributed by atoms with Gasteiger partial charge in [-0.1, -0.05) is 103 Å². The fraction of sp³-hybridized carbons (Fsp3) is 0.400. The molecule has 0 aliphatic carbocycles. The second-order valence-corrected chi connectivity index (χ2v) is 21.4. The average molecular weight is 455 g/mol. The van der Waals surface area contributed by atoms with Crippen molar-refractivity contribution in [3.63, 3.8) is 0 Å². The van der Waals surface area contributed by atoms with Gasteiger partial charge in [-0.3, -0.25) is 0 Å². The normalized spacial score (nSPS) is 12.2. The summed E-state index contributed by atoms with van der Waals surface area (Å²) in [4.78, 5) is 0. The molecule has 0 atom stereocenters. The van der Waals surface area contributed by atoms with Gasteiger partial charge in [-0.15, -0.1) is 11.1 Å². The van der Waals surface area contributed by atoms with Crippen molar-refractivity contribution >= 4 is 37.7 Å². The molecule has 0 bridgehead atoms. The summed E-state index contributed by atoms with van der Waals surface area (Å²) in [5.41, 5.74) is 11.6. The first-order valence-electron chi connectivity index (χ1n) is 12.0. The van der Waals surface area contributed by atoms with E-state index in [4.69, 9.17) is 0 Å². The Morgan fingerprint density at radius 3 is 1.81 bits per heavy atom. The van der Waals surface area contributed by atoms with Crippen LogP contribution in [0, 0.1) is 22.9 Å². The van der Waals surface area contributed by atoms with Crippen molar-refractivity contribution in [3.8, 4) is 22.9 Å². The molecule has 32 heavy (non-hydrogen) atoms. The molecule has 0 spiro atoms. The monoisotopic (exact) mass is 454 g/mol. The molecule has 0 aliphatic rings. The predicted molar refractivity (Wildman–Crippen MR) is 150 cm³/mol. The van der Waals surface area contributed by atoms with Crippen LogP contribution >= 0.6 is 0 Å². The molecule has 0 saturated carbocycles. The number of rotatable bonds is 3. The van der Waals surface area contributed by atoms with Gasteiger partial charge in [-0.2, -0.15) is 0 Å². The summed E-state index contributed by atoms with van der Waals surface area (Å²) in [6.45, 7) is 21.2. The number of hydrogen-bond donors (Lipinski definition) is 0. The lowest BCUT2D eigenvalue weighted by Crippen LogP contribution is -2.43. The molecule has 3 aromatic carbocycles. The Morgan fingerprint density at radius 2 is 1.22 bits per heavy atom. The zero-order chi connectivity index (χ0) is 23.7. The topological polar surface area (TPSA) is 0 Å². The van der Waals surface area contributed by atoms with Crippen molar-refractivity contribution in [1.82, 2.24) is 0 Å². The smallest absolute Gasteiger partial charge is 0.127 e. The van der Waals surface area contributed by atoms with Crippen LogP contribution < -0.4 is 0 Å². The van der Waals surface area contributed by atoms with E-state index in [1.807, 2.05) is 0 Å². The molecule has 0 amide bonds. The van der Waals surface area contributed by atoms with Crippen molar-refractivity contribution in [2.24, 2.45) is 0 Å². The van der Waals surface area contributed by atoms with E-state index >= 15 is 0 Å². The van der Waals surface area contributed by atoms with Crippen LogP contribution in [0.15, 0.2) is 48.5 Å². The molecule has 0 saturated heterocycles. The minimum absolute atomic E-state index is 0.620. The zero-order valence-corrected chi connectivity index (χ0v) is 23.4. The lowest BCUT2D eigenvalue weighted by molar-refractivity contribution is 0.838. The van der Waals surface area contributed by atoms with E-state index in [0.717, 1.165) is 5.56 Å². The quantitative estimate of drug-likeness (QED) is 0.211. The third kappa shape index (κ3) is 4.88. The van der Waals surface area contributed by atoms with Crippen LogP contribution in [0.25, 0.3) is 21.5 Å². The summed E-state index contributed by atoms with van der Waals surface area (Å²) in [5, 5.41) is 4.99. The largest absolute Gasteiger partial charge is 0.146 e. The molecule has 0 N–H and O–H groups in total. The third-order valence-corrected chi connectivity index (χ3v) is 13.9. The Morgan fingerprint density at radius 1 is 0.625 bits per heavy atom. The van der Waals surface area contributed by atoms with E-state index in [2.05, 4.69) is 133 Å². The van der Waals surface area contributed by atoms with E-state index in [-0.39, 0.29) is 0 Å². The lowest BCUT2D eigenvalue weighted by Gasteiger charge is -2.38. The maximum absolute atomic E-state index is 3.97. The molecule has 0 nitrogen and oxygen atoms in total. The molecule has 0 radical (unpaired) electrons. The summed E-state index contributed by atoms with van der Waals surface area (Å²) in [6.07, 6.45) is 0. The first kappa shape index (κ1) is 24.4. The minimum atomic E-state index is -1.82. The van der Waals surface area contributed by atoms with E-state index in [1.54, 1.807) is 0 Å². The maximum Gasteiger partial charge on any atom is 0.146 e. The van der Waals surface area contributed by atoms with Crippen LogP contribution in [0.2, 0.25) is 36.3 Å². The SMILES string of the molecule is CC(C)[Si](C#Cc1c2ccccc2cc2ccc(C#C[Si](C)(C)C)cc12)(C(C)C)C(C)C. The summed E-state index contributed by atoms with van der Waals surface area (Å²) in [7, 11) is -3.25.